The number of esters is 2. The summed E-state index contributed by atoms with van der Waals surface area (Å²) in [6.07, 6.45) is 8.53. The van der Waals surface area contributed by atoms with Crippen molar-refractivity contribution in [3.05, 3.63) is 154 Å². The van der Waals surface area contributed by atoms with Crippen LogP contribution in [0.15, 0.2) is 114 Å². The molecule has 2 saturated carbocycles. The number of aromatic nitrogens is 3. The summed E-state index contributed by atoms with van der Waals surface area (Å²) in [5, 5.41) is 8.27. The molecule has 6 aliphatic rings. The Morgan fingerprint density at radius 2 is 1.08 bits per heavy atom. The maximum atomic E-state index is 13.6. The van der Waals surface area contributed by atoms with Crippen LogP contribution in [0.2, 0.25) is 0 Å². The van der Waals surface area contributed by atoms with Crippen LogP contribution in [-0.4, -0.2) is 74.7 Å². The number of nitrogens with zero attached hydrogens (tertiary/aromatic N) is 5. The highest BCUT2D eigenvalue weighted by Gasteiger charge is 2.59. The molecule has 4 fully saturated rings. The van der Waals surface area contributed by atoms with Gasteiger partial charge in [-0.3, -0.25) is 14.3 Å². The van der Waals surface area contributed by atoms with Gasteiger partial charge < -0.3 is 23.8 Å². The normalized spacial score (nSPS) is 23.0. The average Bonchev–Trinajstić information content (AvgIpc) is 3.95. The van der Waals surface area contributed by atoms with Crippen molar-refractivity contribution < 1.29 is 33.2 Å². The number of fused-ring (bicyclic) bond motifs is 4. The van der Waals surface area contributed by atoms with Crippen molar-refractivity contribution in [2.75, 3.05) is 26.2 Å². The van der Waals surface area contributed by atoms with E-state index in [4.69, 9.17) is 14.0 Å². The molecule has 4 aromatic carbocycles. The van der Waals surface area contributed by atoms with Crippen molar-refractivity contribution in [1.29, 1.82) is 0 Å². The first kappa shape index (κ1) is 39.1. The average molecular weight is 842 g/mol. The van der Waals surface area contributed by atoms with Crippen LogP contribution in [-0.2, 0) is 48.1 Å². The number of hydrogen-bond donors (Lipinski definition) is 0. The lowest BCUT2D eigenvalue weighted by atomic mass is 9.91. The second-order valence-corrected chi connectivity index (χ2v) is 18.2. The second kappa shape index (κ2) is 14.1. The van der Waals surface area contributed by atoms with Crippen LogP contribution in [0.1, 0.15) is 92.9 Å². The fourth-order valence-corrected chi connectivity index (χ4v) is 10.7. The molecule has 6 heterocycles. The molecule has 0 bridgehead atoms. The van der Waals surface area contributed by atoms with Crippen molar-refractivity contribution in [2.45, 2.75) is 74.4 Å². The largest absolute Gasteiger partial charge is 0.449 e. The van der Waals surface area contributed by atoms with Crippen LogP contribution < -0.4 is 0 Å². The van der Waals surface area contributed by atoms with Crippen molar-refractivity contribution >= 4 is 23.8 Å². The fraction of sp³-hybridized carbons (Fsp3) is 0.333. The summed E-state index contributed by atoms with van der Waals surface area (Å²) in [5.74, 6) is 0.517. The maximum Gasteiger partial charge on any atom is 0.339 e. The summed E-state index contributed by atoms with van der Waals surface area (Å²) >= 11 is 0. The minimum absolute atomic E-state index is 0.139. The first-order valence-corrected chi connectivity index (χ1v) is 21.8. The molecule has 12 rings (SSSR count). The highest BCUT2D eigenvalue weighted by Crippen LogP contribution is 2.54. The minimum atomic E-state index is -0.702. The number of hydrogen-bond acceptors (Lipinski definition) is 9. The van der Waals surface area contributed by atoms with Crippen LogP contribution >= 0.6 is 0 Å². The molecular weight excluding hydrogens is 795 g/mol. The predicted molar refractivity (Wildman–Crippen MR) is 231 cm³/mol. The smallest absolute Gasteiger partial charge is 0.339 e. The molecule has 0 N–H and O–H groups in total. The SMILES string of the molecule is Cc1noc(C)c1-c1ccc(C2(C(=O)N3CCC4(C3)OC(=O)c3ccccc34)CC2)cc1.Cn1cc(-c2ccc(C3(C(=O)N4CCC5(C4)OC(=O)c4ccccc45)CC3)cc2)cn1. The Labute approximate surface area is 364 Å². The first-order valence-electron chi connectivity index (χ1n) is 21.8. The third-order valence-corrected chi connectivity index (χ3v) is 14.4. The summed E-state index contributed by atoms with van der Waals surface area (Å²) in [5.41, 5.74) is 7.96. The van der Waals surface area contributed by atoms with Crippen molar-refractivity contribution in [1.82, 2.24) is 24.7 Å². The standard InChI is InChI=1S/C26H24N2O4.C25H23N3O3/c1-16-22(17(2)32-27-16)18-7-9-19(10-8-18)25(11-12-25)24(30)28-14-13-26(15-28)21-6-4-3-5-20(21)23(29)31-26;1-27-15-18(14-26-27)17-6-8-19(9-7-17)24(10-11-24)23(30)28-13-12-25(16-28)21-5-3-2-4-20(21)22(29)31-25/h3-10H,11-15H2,1-2H3;2-9,14-15H,10-13,16H2,1H3. The molecule has 318 valence electrons. The van der Waals surface area contributed by atoms with Crippen LogP contribution in [0.5, 0.6) is 0 Å². The van der Waals surface area contributed by atoms with Crippen LogP contribution in [0.4, 0.5) is 0 Å². The molecule has 2 aliphatic carbocycles. The van der Waals surface area contributed by atoms with E-state index in [-0.39, 0.29) is 23.8 Å². The molecule has 6 aromatic rings. The zero-order chi connectivity index (χ0) is 43.3. The number of carbonyl (C=O) groups excluding carboxylic acids is 4. The fourth-order valence-electron chi connectivity index (χ4n) is 10.7. The lowest BCUT2D eigenvalue weighted by Gasteiger charge is -2.27. The Balaban J connectivity index is 0.000000141. The molecule has 2 unspecified atom stereocenters. The molecule has 2 aromatic heterocycles. The molecule has 63 heavy (non-hydrogen) atoms. The summed E-state index contributed by atoms with van der Waals surface area (Å²) in [4.78, 5) is 55.8. The number of amides is 2. The predicted octanol–water partition coefficient (Wildman–Crippen LogP) is 7.71. The third-order valence-electron chi connectivity index (χ3n) is 14.4. The number of likely N-dealkylation sites (tertiary alicyclic amines) is 2. The van der Waals surface area contributed by atoms with Gasteiger partial charge in [0.15, 0.2) is 11.2 Å². The van der Waals surface area contributed by atoms with Gasteiger partial charge in [-0.05, 0) is 73.9 Å². The van der Waals surface area contributed by atoms with E-state index in [2.05, 4.69) is 58.8 Å². The lowest BCUT2D eigenvalue weighted by Crippen LogP contribution is -2.40. The van der Waals surface area contributed by atoms with Gasteiger partial charge in [-0.1, -0.05) is 90.1 Å². The Morgan fingerprint density at radius 3 is 1.51 bits per heavy atom. The number of carbonyl (C=O) groups is 4. The van der Waals surface area contributed by atoms with E-state index in [9.17, 15) is 19.2 Å². The van der Waals surface area contributed by atoms with E-state index in [1.807, 2.05) is 85.6 Å². The first-order chi connectivity index (χ1) is 30.4. The second-order valence-electron chi connectivity index (χ2n) is 18.2. The van der Waals surface area contributed by atoms with E-state index >= 15 is 0 Å². The van der Waals surface area contributed by atoms with Gasteiger partial charge in [-0.15, -0.1) is 0 Å². The van der Waals surface area contributed by atoms with E-state index < -0.39 is 22.0 Å². The molecule has 2 saturated heterocycles. The van der Waals surface area contributed by atoms with Crippen LogP contribution in [0.25, 0.3) is 22.3 Å². The highest BCUT2D eigenvalue weighted by atomic mass is 16.6. The highest BCUT2D eigenvalue weighted by molar-refractivity contribution is 5.97. The molecule has 0 radical (unpaired) electrons. The Bertz CT molecular complexity index is 2830. The topological polar surface area (TPSA) is 137 Å². The summed E-state index contributed by atoms with van der Waals surface area (Å²) in [7, 11) is 1.90. The number of ether oxygens (including phenoxy) is 2. The van der Waals surface area contributed by atoms with Gasteiger partial charge in [-0.25, -0.2) is 9.59 Å². The van der Waals surface area contributed by atoms with E-state index in [1.165, 1.54) is 0 Å². The maximum absolute atomic E-state index is 13.6. The quantitative estimate of drug-likeness (QED) is 0.155. The summed E-state index contributed by atoms with van der Waals surface area (Å²) in [6.45, 7) is 5.90. The number of benzene rings is 4. The van der Waals surface area contributed by atoms with E-state index in [0.29, 0.717) is 50.1 Å². The van der Waals surface area contributed by atoms with Crippen molar-refractivity contribution in [3.63, 3.8) is 0 Å². The van der Waals surface area contributed by atoms with Gasteiger partial charge in [0, 0.05) is 61.4 Å². The third kappa shape index (κ3) is 6.16. The molecule has 12 heteroatoms. The molecule has 12 nitrogen and oxygen atoms in total. The van der Waals surface area contributed by atoms with Gasteiger partial charge in [0.2, 0.25) is 11.8 Å². The Morgan fingerprint density at radius 1 is 0.603 bits per heavy atom. The van der Waals surface area contributed by atoms with Gasteiger partial charge in [-0.2, -0.15) is 5.10 Å². The van der Waals surface area contributed by atoms with Gasteiger partial charge in [0.25, 0.3) is 0 Å². The van der Waals surface area contributed by atoms with Crippen molar-refractivity contribution in [3.8, 4) is 22.3 Å². The monoisotopic (exact) mass is 841 g/mol. The Hall–Kier alpha value is -6.82. The zero-order valence-corrected chi connectivity index (χ0v) is 35.6. The minimum Gasteiger partial charge on any atom is -0.449 e. The van der Waals surface area contributed by atoms with E-state index in [0.717, 1.165) is 81.6 Å². The Kier molecular flexibility index (Phi) is 8.74. The summed E-state index contributed by atoms with van der Waals surface area (Å²) < 4.78 is 18.7. The van der Waals surface area contributed by atoms with Gasteiger partial charge in [0.05, 0.1) is 46.9 Å². The van der Waals surface area contributed by atoms with Gasteiger partial charge in [0.1, 0.15) is 5.76 Å². The lowest BCUT2D eigenvalue weighted by molar-refractivity contribution is -0.134. The van der Waals surface area contributed by atoms with E-state index in [1.54, 1.807) is 10.7 Å². The van der Waals surface area contributed by atoms with Crippen molar-refractivity contribution in [2.24, 2.45) is 7.05 Å². The number of aryl methyl sites for hydroxylation is 3. The molecule has 2 spiro atoms. The molecule has 2 atom stereocenters. The van der Waals surface area contributed by atoms with Gasteiger partial charge >= 0.3 is 11.9 Å². The summed E-state index contributed by atoms with van der Waals surface area (Å²) in [6, 6.07) is 31.6. The molecule has 2 amide bonds. The zero-order valence-electron chi connectivity index (χ0n) is 35.6. The van der Waals surface area contributed by atoms with Crippen LogP contribution in [0, 0.1) is 13.8 Å². The van der Waals surface area contributed by atoms with Crippen LogP contribution in [0.3, 0.4) is 0 Å². The molecular formula is C51H47N5O7. The molecule has 4 aliphatic heterocycles. The number of rotatable bonds is 6.